The summed E-state index contributed by atoms with van der Waals surface area (Å²) in [5, 5.41) is 0.643. The van der Waals surface area contributed by atoms with Crippen molar-refractivity contribution in [1.29, 1.82) is 0 Å². The first kappa shape index (κ1) is 22.6. The minimum Gasteiger partial charge on any atom is -0.272 e. The first-order chi connectivity index (χ1) is 14.4. The summed E-state index contributed by atoms with van der Waals surface area (Å²) in [7, 11) is -3.52. The summed E-state index contributed by atoms with van der Waals surface area (Å²) in [4.78, 5) is 24.3. The van der Waals surface area contributed by atoms with Gasteiger partial charge in [0.05, 0.1) is 10.6 Å². The molecule has 7 nitrogen and oxygen atoms in total. The normalized spacial score (nSPS) is 14.4. The van der Waals surface area contributed by atoms with Gasteiger partial charge < -0.3 is 0 Å². The first-order valence-corrected chi connectivity index (χ1v) is 12.3. The van der Waals surface area contributed by atoms with Crippen LogP contribution in [0.5, 0.6) is 0 Å². The van der Waals surface area contributed by atoms with Crippen molar-refractivity contribution < 1.29 is 18.0 Å². The van der Waals surface area contributed by atoms with Crippen molar-refractivity contribution in [1.82, 2.24) is 15.2 Å². The van der Waals surface area contributed by atoms with Gasteiger partial charge in [-0.3, -0.25) is 20.4 Å². The molecule has 0 bridgehead atoms. The van der Waals surface area contributed by atoms with E-state index in [-0.39, 0.29) is 22.1 Å². The lowest BCUT2D eigenvalue weighted by Gasteiger charge is -2.15. The molecule has 1 aliphatic rings. The molecule has 2 aromatic carbocycles. The first-order valence-electron chi connectivity index (χ1n) is 9.38. The van der Waals surface area contributed by atoms with E-state index in [0.29, 0.717) is 23.9 Å². The molecule has 1 heterocycles. The van der Waals surface area contributed by atoms with Crippen LogP contribution in [0.3, 0.4) is 0 Å². The molecule has 1 aliphatic heterocycles. The van der Waals surface area contributed by atoms with E-state index in [9.17, 15) is 18.0 Å². The van der Waals surface area contributed by atoms with E-state index in [1.54, 1.807) is 6.07 Å². The summed E-state index contributed by atoms with van der Waals surface area (Å²) in [6.45, 7) is 1.04. The molecule has 0 saturated carbocycles. The van der Waals surface area contributed by atoms with Crippen LogP contribution in [0.4, 0.5) is 0 Å². The molecule has 160 valence electrons. The second-order valence-corrected chi connectivity index (χ2v) is 10.1. The Hall–Kier alpha value is -2.07. The lowest BCUT2D eigenvalue weighted by molar-refractivity contribution is -0.119. The molecule has 0 aliphatic carbocycles. The number of amides is 2. The van der Waals surface area contributed by atoms with Crippen LogP contribution in [0.25, 0.3) is 0 Å². The zero-order valence-electron chi connectivity index (χ0n) is 16.1. The molecule has 0 radical (unpaired) electrons. The maximum atomic E-state index is 12.5. The molecule has 0 spiro atoms. The monoisotopic (exact) mass is 467 g/mol. The van der Waals surface area contributed by atoms with Crippen LogP contribution < -0.4 is 10.9 Å². The highest BCUT2D eigenvalue weighted by Crippen LogP contribution is 2.21. The highest BCUT2D eigenvalue weighted by atomic mass is 35.5. The number of nitrogens with zero attached hydrogens (tertiary/aromatic N) is 1. The lowest BCUT2D eigenvalue weighted by Crippen LogP contribution is -2.42. The van der Waals surface area contributed by atoms with Crippen molar-refractivity contribution in [3.05, 3.63) is 64.7 Å². The predicted octanol–water partition coefficient (Wildman–Crippen LogP) is 2.82. The molecule has 1 saturated heterocycles. The molecule has 0 aromatic heterocycles. The molecular formula is C20H22ClN3O4S2. The Balaban J connectivity index is 1.45. The molecule has 30 heavy (non-hydrogen) atoms. The van der Waals surface area contributed by atoms with Crippen molar-refractivity contribution in [2.75, 3.05) is 18.8 Å². The summed E-state index contributed by atoms with van der Waals surface area (Å²) in [6.07, 6.45) is 1.72. The van der Waals surface area contributed by atoms with Crippen LogP contribution in [0.15, 0.2) is 53.4 Å². The summed E-state index contributed by atoms with van der Waals surface area (Å²) in [6, 6.07) is 13.1. The van der Waals surface area contributed by atoms with Crippen molar-refractivity contribution in [2.24, 2.45) is 0 Å². The number of halogens is 1. The molecule has 0 unspecified atom stereocenters. The summed E-state index contributed by atoms with van der Waals surface area (Å²) in [5.74, 6) is -0.0776. The van der Waals surface area contributed by atoms with Gasteiger partial charge >= 0.3 is 0 Å². The molecule has 2 N–H and O–H groups in total. The van der Waals surface area contributed by atoms with Gasteiger partial charge in [0.2, 0.25) is 15.9 Å². The predicted molar refractivity (Wildman–Crippen MR) is 118 cm³/mol. The molecule has 2 aromatic rings. The van der Waals surface area contributed by atoms with Crippen LogP contribution in [0, 0.1) is 0 Å². The van der Waals surface area contributed by atoms with Crippen LogP contribution >= 0.6 is 23.4 Å². The van der Waals surface area contributed by atoms with E-state index in [0.717, 1.165) is 18.4 Å². The molecule has 1 fully saturated rings. The van der Waals surface area contributed by atoms with E-state index in [4.69, 9.17) is 11.6 Å². The number of hydrazine groups is 1. The Kier molecular flexibility index (Phi) is 7.76. The van der Waals surface area contributed by atoms with E-state index in [1.807, 2.05) is 18.2 Å². The quantitative estimate of drug-likeness (QED) is 0.610. The Morgan fingerprint density at radius 2 is 1.73 bits per heavy atom. The van der Waals surface area contributed by atoms with E-state index in [1.165, 1.54) is 40.3 Å². The number of carbonyl (C=O) groups is 2. The van der Waals surface area contributed by atoms with Gasteiger partial charge in [0, 0.05) is 29.4 Å². The van der Waals surface area contributed by atoms with Gasteiger partial charge in [-0.05, 0) is 54.8 Å². The zero-order chi connectivity index (χ0) is 21.6. The van der Waals surface area contributed by atoms with Crippen molar-refractivity contribution in [3.63, 3.8) is 0 Å². The molecular weight excluding hydrogens is 446 g/mol. The van der Waals surface area contributed by atoms with Crippen molar-refractivity contribution in [2.45, 2.75) is 23.5 Å². The number of rotatable bonds is 7. The average Bonchev–Trinajstić information content (AvgIpc) is 3.28. The van der Waals surface area contributed by atoms with Crippen LogP contribution in [0.1, 0.15) is 28.8 Å². The SMILES string of the molecule is O=C(CSCc1cccc(Cl)c1)NNC(=O)c1ccc(S(=O)(=O)N2CCCC2)cc1. The summed E-state index contributed by atoms with van der Waals surface area (Å²) in [5.41, 5.74) is 5.95. The highest BCUT2D eigenvalue weighted by molar-refractivity contribution is 7.99. The third-order valence-electron chi connectivity index (χ3n) is 4.53. The van der Waals surface area contributed by atoms with Crippen LogP contribution in [0.2, 0.25) is 5.02 Å². The average molecular weight is 468 g/mol. The van der Waals surface area contributed by atoms with Gasteiger partial charge in [-0.2, -0.15) is 4.31 Å². The number of hydrogen-bond donors (Lipinski definition) is 2. The Morgan fingerprint density at radius 3 is 2.40 bits per heavy atom. The summed E-state index contributed by atoms with van der Waals surface area (Å²) >= 11 is 7.32. The van der Waals surface area contributed by atoms with Gasteiger partial charge in [0.15, 0.2) is 0 Å². The Labute approximate surface area is 185 Å². The second kappa shape index (κ2) is 10.3. The Bertz CT molecular complexity index is 1010. The molecule has 10 heteroatoms. The largest absolute Gasteiger partial charge is 0.272 e. The van der Waals surface area contributed by atoms with Gasteiger partial charge in [0.25, 0.3) is 5.91 Å². The number of sulfonamides is 1. The Morgan fingerprint density at radius 1 is 1.03 bits per heavy atom. The lowest BCUT2D eigenvalue weighted by atomic mass is 10.2. The number of hydrogen-bond acceptors (Lipinski definition) is 5. The van der Waals surface area contributed by atoms with Crippen LogP contribution in [-0.4, -0.2) is 43.4 Å². The number of thioether (sulfide) groups is 1. The third kappa shape index (κ3) is 5.98. The number of carbonyl (C=O) groups excluding carboxylic acids is 2. The van der Waals surface area contributed by atoms with E-state index < -0.39 is 15.9 Å². The standard InChI is InChI=1S/C20H22ClN3O4S2/c21-17-5-3-4-15(12-17)13-29-14-19(25)22-23-20(26)16-6-8-18(9-7-16)30(27,28)24-10-1-2-11-24/h3-9,12H,1-2,10-11,13-14H2,(H,22,25)(H,23,26). The fourth-order valence-electron chi connectivity index (χ4n) is 2.98. The zero-order valence-corrected chi connectivity index (χ0v) is 18.5. The maximum Gasteiger partial charge on any atom is 0.269 e. The fourth-order valence-corrected chi connectivity index (χ4v) is 5.48. The maximum absolute atomic E-state index is 12.5. The topological polar surface area (TPSA) is 95.6 Å². The third-order valence-corrected chi connectivity index (χ3v) is 7.68. The molecule has 0 atom stereocenters. The van der Waals surface area contributed by atoms with Crippen LogP contribution in [-0.2, 0) is 20.6 Å². The van der Waals surface area contributed by atoms with Gasteiger partial charge in [-0.25, -0.2) is 8.42 Å². The smallest absolute Gasteiger partial charge is 0.269 e. The number of nitrogens with one attached hydrogen (secondary N) is 2. The van der Waals surface area contributed by atoms with Gasteiger partial charge in [-0.15, -0.1) is 11.8 Å². The van der Waals surface area contributed by atoms with E-state index >= 15 is 0 Å². The van der Waals surface area contributed by atoms with Crippen molar-refractivity contribution in [3.8, 4) is 0 Å². The fraction of sp³-hybridized carbons (Fsp3) is 0.300. The molecule has 2 amide bonds. The minimum absolute atomic E-state index is 0.155. The number of benzene rings is 2. The van der Waals surface area contributed by atoms with E-state index in [2.05, 4.69) is 10.9 Å². The second-order valence-electron chi connectivity index (χ2n) is 6.76. The highest BCUT2D eigenvalue weighted by Gasteiger charge is 2.27. The molecule has 3 rings (SSSR count). The van der Waals surface area contributed by atoms with Gasteiger partial charge in [-0.1, -0.05) is 23.7 Å². The van der Waals surface area contributed by atoms with Crippen molar-refractivity contribution >= 4 is 45.2 Å². The van der Waals surface area contributed by atoms with Gasteiger partial charge in [0.1, 0.15) is 0 Å². The summed E-state index contributed by atoms with van der Waals surface area (Å²) < 4.78 is 26.5. The minimum atomic E-state index is -3.52.